The van der Waals surface area contributed by atoms with Crippen LogP contribution in [0.4, 0.5) is 17.5 Å². The van der Waals surface area contributed by atoms with Crippen molar-refractivity contribution in [3.05, 3.63) is 32.9 Å². The molecule has 0 spiro atoms. The smallest absolute Gasteiger partial charge is 0.329 e. The Morgan fingerprint density at radius 2 is 2.19 bits per heavy atom. The van der Waals surface area contributed by atoms with E-state index in [1.165, 1.54) is 17.5 Å². The lowest BCUT2D eigenvalue weighted by Crippen LogP contribution is -2.29. The third kappa shape index (κ3) is 3.43. The summed E-state index contributed by atoms with van der Waals surface area (Å²) in [5.41, 5.74) is -0.738. The number of hydrogen-bond donors (Lipinski definition) is 2. The summed E-state index contributed by atoms with van der Waals surface area (Å²) in [5.74, 6) is 0.520. The molecular formula is C12H16N6O2S. The summed E-state index contributed by atoms with van der Waals surface area (Å²) in [5, 5.41) is 19.8. The number of aromatic nitrogens is 3. The van der Waals surface area contributed by atoms with Crippen LogP contribution in [0.15, 0.2) is 17.8 Å². The van der Waals surface area contributed by atoms with Crippen LogP contribution in [0.3, 0.4) is 0 Å². The van der Waals surface area contributed by atoms with Crippen LogP contribution in [0, 0.1) is 10.1 Å². The van der Waals surface area contributed by atoms with Crippen molar-refractivity contribution in [2.75, 3.05) is 17.2 Å². The van der Waals surface area contributed by atoms with E-state index >= 15 is 0 Å². The summed E-state index contributed by atoms with van der Waals surface area (Å²) in [7, 11) is 0. The zero-order valence-electron chi connectivity index (χ0n) is 12.0. The fraction of sp³-hybridized carbons (Fsp3) is 0.417. The normalized spacial score (nSPS) is 11.2. The second-order valence-electron chi connectivity index (χ2n) is 4.80. The summed E-state index contributed by atoms with van der Waals surface area (Å²) in [6, 6.07) is 0. The summed E-state index contributed by atoms with van der Waals surface area (Å²) in [4.78, 5) is 23.0. The predicted octanol–water partition coefficient (Wildman–Crippen LogP) is 2.62. The lowest BCUT2D eigenvalue weighted by molar-refractivity contribution is -0.384. The SMILES string of the molecule is CCNc1ncc([N+](=O)[O-])c(NC(C)(C)c2nccs2)n1. The first-order chi connectivity index (χ1) is 9.94. The molecule has 0 aliphatic heterocycles. The Hall–Kier alpha value is -2.29. The Kier molecular flexibility index (Phi) is 4.32. The van der Waals surface area contributed by atoms with E-state index in [0.717, 1.165) is 5.01 Å². The number of nitrogens with one attached hydrogen (secondary N) is 2. The Morgan fingerprint density at radius 3 is 2.76 bits per heavy atom. The maximum Gasteiger partial charge on any atom is 0.329 e. The minimum atomic E-state index is -0.573. The zero-order chi connectivity index (χ0) is 15.5. The van der Waals surface area contributed by atoms with Gasteiger partial charge in [-0.2, -0.15) is 4.98 Å². The third-order valence-electron chi connectivity index (χ3n) is 2.70. The maximum absolute atomic E-state index is 11.1. The highest BCUT2D eigenvalue weighted by molar-refractivity contribution is 7.09. The molecule has 0 amide bonds. The molecule has 0 saturated heterocycles. The molecule has 112 valence electrons. The van der Waals surface area contributed by atoms with Crippen LogP contribution < -0.4 is 10.6 Å². The topological polar surface area (TPSA) is 106 Å². The van der Waals surface area contributed by atoms with Gasteiger partial charge in [0.2, 0.25) is 11.8 Å². The molecule has 2 aromatic heterocycles. The second-order valence-corrected chi connectivity index (χ2v) is 5.70. The first-order valence-electron chi connectivity index (χ1n) is 6.37. The fourth-order valence-electron chi connectivity index (χ4n) is 1.73. The van der Waals surface area contributed by atoms with Crippen molar-refractivity contribution < 1.29 is 4.92 Å². The first kappa shape index (κ1) is 15.1. The summed E-state index contributed by atoms with van der Waals surface area (Å²) in [6.45, 7) is 6.32. The second kappa shape index (κ2) is 6.00. The zero-order valence-corrected chi connectivity index (χ0v) is 12.8. The molecule has 2 rings (SSSR count). The van der Waals surface area contributed by atoms with Crippen molar-refractivity contribution in [1.29, 1.82) is 0 Å². The Labute approximate surface area is 125 Å². The Morgan fingerprint density at radius 1 is 1.43 bits per heavy atom. The first-order valence-corrected chi connectivity index (χ1v) is 7.25. The van der Waals surface area contributed by atoms with E-state index in [2.05, 4.69) is 25.6 Å². The molecule has 8 nitrogen and oxygen atoms in total. The lowest BCUT2D eigenvalue weighted by Gasteiger charge is -2.24. The standard InChI is InChI=1S/C12H16N6O2S/c1-4-13-11-15-7-8(18(19)20)9(16-11)17-12(2,3)10-14-5-6-21-10/h5-7H,4H2,1-3H3,(H2,13,15,16,17). The van der Waals surface area contributed by atoms with E-state index in [4.69, 9.17) is 0 Å². The van der Waals surface area contributed by atoms with Crippen molar-refractivity contribution in [1.82, 2.24) is 15.0 Å². The quantitative estimate of drug-likeness (QED) is 0.624. The van der Waals surface area contributed by atoms with E-state index in [1.54, 1.807) is 6.20 Å². The van der Waals surface area contributed by atoms with Crippen LogP contribution in [0.2, 0.25) is 0 Å². The summed E-state index contributed by atoms with van der Waals surface area (Å²) in [6.07, 6.45) is 2.90. The van der Waals surface area contributed by atoms with Gasteiger partial charge in [0.1, 0.15) is 11.2 Å². The average Bonchev–Trinajstić information content (AvgIpc) is 2.93. The molecule has 2 heterocycles. The minimum absolute atomic E-state index is 0.165. The number of rotatable bonds is 6. The van der Waals surface area contributed by atoms with Crippen molar-refractivity contribution in [2.24, 2.45) is 0 Å². The lowest BCUT2D eigenvalue weighted by atomic mass is 10.1. The Bertz CT molecular complexity index is 629. The number of anilines is 2. The van der Waals surface area contributed by atoms with Crippen LogP contribution >= 0.6 is 11.3 Å². The highest BCUT2D eigenvalue weighted by Crippen LogP contribution is 2.31. The van der Waals surface area contributed by atoms with E-state index in [-0.39, 0.29) is 11.5 Å². The molecule has 2 N–H and O–H groups in total. The maximum atomic E-state index is 11.1. The molecule has 9 heteroatoms. The average molecular weight is 308 g/mol. The minimum Gasteiger partial charge on any atom is -0.354 e. The molecule has 0 saturated carbocycles. The van der Waals surface area contributed by atoms with Gasteiger partial charge in [-0.05, 0) is 20.8 Å². The van der Waals surface area contributed by atoms with Gasteiger partial charge in [-0.25, -0.2) is 9.97 Å². The van der Waals surface area contributed by atoms with E-state index in [9.17, 15) is 10.1 Å². The molecule has 0 aromatic carbocycles. The van der Waals surface area contributed by atoms with Gasteiger partial charge < -0.3 is 10.6 Å². The van der Waals surface area contributed by atoms with Crippen molar-refractivity contribution >= 4 is 28.8 Å². The van der Waals surface area contributed by atoms with Crippen LogP contribution in [0.25, 0.3) is 0 Å². The van der Waals surface area contributed by atoms with E-state index in [0.29, 0.717) is 12.5 Å². The highest BCUT2D eigenvalue weighted by atomic mass is 32.1. The summed E-state index contributed by atoms with van der Waals surface area (Å²) < 4.78 is 0. The van der Waals surface area contributed by atoms with E-state index in [1.807, 2.05) is 26.2 Å². The molecule has 0 bridgehead atoms. The highest BCUT2D eigenvalue weighted by Gasteiger charge is 2.28. The van der Waals surface area contributed by atoms with Gasteiger partial charge >= 0.3 is 5.69 Å². The molecule has 0 radical (unpaired) electrons. The van der Waals surface area contributed by atoms with Gasteiger partial charge in [-0.3, -0.25) is 10.1 Å². The van der Waals surface area contributed by atoms with Gasteiger partial charge in [0.25, 0.3) is 0 Å². The van der Waals surface area contributed by atoms with Gasteiger partial charge in [-0.1, -0.05) is 0 Å². The predicted molar refractivity (Wildman–Crippen MR) is 81.6 cm³/mol. The Balaban J connectivity index is 2.36. The van der Waals surface area contributed by atoms with Crippen molar-refractivity contribution in [3.63, 3.8) is 0 Å². The number of nitrogens with zero attached hydrogens (tertiary/aromatic N) is 4. The molecule has 0 aliphatic carbocycles. The van der Waals surface area contributed by atoms with Gasteiger partial charge in [0, 0.05) is 18.1 Å². The number of thiazole rings is 1. The van der Waals surface area contributed by atoms with Crippen LogP contribution in [0.1, 0.15) is 25.8 Å². The van der Waals surface area contributed by atoms with Gasteiger partial charge in [-0.15, -0.1) is 11.3 Å². The number of hydrogen-bond acceptors (Lipinski definition) is 8. The van der Waals surface area contributed by atoms with Crippen LogP contribution in [0.5, 0.6) is 0 Å². The van der Waals surface area contributed by atoms with Crippen molar-refractivity contribution in [3.8, 4) is 0 Å². The van der Waals surface area contributed by atoms with E-state index < -0.39 is 10.5 Å². The summed E-state index contributed by atoms with van der Waals surface area (Å²) >= 11 is 1.48. The fourth-order valence-corrected chi connectivity index (χ4v) is 2.44. The van der Waals surface area contributed by atoms with Gasteiger partial charge in [0.15, 0.2) is 0 Å². The monoisotopic (exact) mass is 308 g/mol. The van der Waals surface area contributed by atoms with Gasteiger partial charge in [0.05, 0.1) is 10.5 Å². The molecule has 2 aromatic rings. The molecule has 21 heavy (non-hydrogen) atoms. The van der Waals surface area contributed by atoms with Crippen LogP contribution in [-0.4, -0.2) is 26.4 Å². The molecule has 0 aliphatic rings. The largest absolute Gasteiger partial charge is 0.354 e. The van der Waals surface area contributed by atoms with Crippen LogP contribution in [-0.2, 0) is 5.54 Å². The molecule has 0 unspecified atom stereocenters. The molecule has 0 fully saturated rings. The molecule has 0 atom stereocenters. The third-order valence-corrected chi connectivity index (χ3v) is 3.80. The number of nitro groups is 1. The van der Waals surface area contributed by atoms with Crippen molar-refractivity contribution in [2.45, 2.75) is 26.3 Å². The molecular weight excluding hydrogens is 292 g/mol.